The third-order valence-electron chi connectivity index (χ3n) is 4.38. The Morgan fingerprint density at radius 1 is 1.33 bits per heavy atom. The van der Waals surface area contributed by atoms with Crippen molar-refractivity contribution in [3.8, 4) is 0 Å². The van der Waals surface area contributed by atoms with Gasteiger partial charge in [0.25, 0.3) is 0 Å². The predicted molar refractivity (Wildman–Crippen MR) is 90.5 cm³/mol. The van der Waals surface area contributed by atoms with Gasteiger partial charge in [-0.15, -0.1) is 12.4 Å². The number of amides is 1. The lowest BCUT2D eigenvalue weighted by Crippen LogP contribution is -2.44. The first kappa shape index (κ1) is 17.8. The number of carbonyl (C=O) groups excluding carboxylic acids is 1. The summed E-state index contributed by atoms with van der Waals surface area (Å²) in [4.78, 5) is 12.1. The second-order valence-electron chi connectivity index (χ2n) is 6.98. The summed E-state index contributed by atoms with van der Waals surface area (Å²) in [6.45, 7) is 6.88. The molecule has 1 aliphatic carbocycles. The summed E-state index contributed by atoms with van der Waals surface area (Å²) >= 11 is 0. The minimum absolute atomic E-state index is 0. The highest BCUT2D eigenvalue weighted by Gasteiger charge is 2.32. The van der Waals surface area contributed by atoms with Crippen LogP contribution >= 0.6 is 12.4 Å². The van der Waals surface area contributed by atoms with Gasteiger partial charge in [0.05, 0.1) is 6.42 Å². The first-order chi connectivity index (χ1) is 9.35. The maximum Gasteiger partial charge on any atom is 0.224 e. The molecule has 0 saturated heterocycles. The van der Waals surface area contributed by atoms with Gasteiger partial charge in [-0.05, 0) is 48.3 Å². The highest BCUT2D eigenvalue weighted by molar-refractivity contribution is 5.85. The molecule has 1 aromatic rings. The Morgan fingerprint density at radius 2 is 1.95 bits per heavy atom. The summed E-state index contributed by atoms with van der Waals surface area (Å²) < 4.78 is 0. The molecule has 2 atom stereocenters. The average molecular weight is 311 g/mol. The van der Waals surface area contributed by atoms with E-state index in [1.165, 1.54) is 12.8 Å². The molecule has 1 saturated carbocycles. The Bertz CT molecular complexity index is 470. The van der Waals surface area contributed by atoms with Gasteiger partial charge in [-0.2, -0.15) is 0 Å². The van der Waals surface area contributed by atoms with E-state index < -0.39 is 0 Å². The third-order valence-corrected chi connectivity index (χ3v) is 4.38. The van der Waals surface area contributed by atoms with E-state index in [4.69, 9.17) is 5.73 Å². The standard InChI is InChI=1S/C17H26N2O.ClH/c1-12-11-17(2,3)9-8-15(12)19-16(20)10-13-4-6-14(18)7-5-13;/h4-7,12,15H,8-11,18H2,1-3H3,(H,19,20);1H. The van der Waals surface area contributed by atoms with E-state index in [-0.39, 0.29) is 18.3 Å². The fourth-order valence-corrected chi connectivity index (χ4v) is 3.24. The summed E-state index contributed by atoms with van der Waals surface area (Å²) in [6, 6.07) is 7.84. The lowest BCUT2D eigenvalue weighted by molar-refractivity contribution is -0.122. The zero-order valence-electron chi connectivity index (χ0n) is 13.2. The van der Waals surface area contributed by atoms with Crippen LogP contribution in [-0.2, 0) is 11.2 Å². The Hall–Kier alpha value is -1.22. The second-order valence-corrected chi connectivity index (χ2v) is 6.98. The molecule has 1 amide bonds. The molecule has 3 nitrogen and oxygen atoms in total. The molecule has 0 radical (unpaired) electrons. The van der Waals surface area contributed by atoms with Gasteiger partial charge in [0.1, 0.15) is 0 Å². The fraction of sp³-hybridized carbons (Fsp3) is 0.588. The van der Waals surface area contributed by atoms with Crippen LogP contribution in [0.1, 0.15) is 45.6 Å². The molecule has 1 fully saturated rings. The number of benzene rings is 1. The van der Waals surface area contributed by atoms with Crippen molar-refractivity contribution in [2.24, 2.45) is 11.3 Å². The summed E-state index contributed by atoms with van der Waals surface area (Å²) in [6.07, 6.45) is 3.89. The van der Waals surface area contributed by atoms with Crippen LogP contribution in [0.3, 0.4) is 0 Å². The van der Waals surface area contributed by atoms with E-state index in [1.54, 1.807) is 0 Å². The third kappa shape index (κ3) is 5.24. The number of anilines is 1. The lowest BCUT2D eigenvalue weighted by Gasteiger charge is -2.39. The fourth-order valence-electron chi connectivity index (χ4n) is 3.24. The molecule has 1 aromatic carbocycles. The molecule has 118 valence electrons. The number of nitrogens with one attached hydrogen (secondary N) is 1. The van der Waals surface area contributed by atoms with Crippen molar-refractivity contribution in [2.75, 3.05) is 5.73 Å². The Balaban J connectivity index is 0.00000220. The summed E-state index contributed by atoms with van der Waals surface area (Å²) in [5.74, 6) is 0.667. The van der Waals surface area contributed by atoms with Crippen LogP contribution < -0.4 is 11.1 Å². The quantitative estimate of drug-likeness (QED) is 0.839. The first-order valence-corrected chi connectivity index (χ1v) is 7.49. The zero-order chi connectivity index (χ0) is 14.8. The molecule has 3 N–H and O–H groups in total. The minimum Gasteiger partial charge on any atom is -0.399 e. The van der Waals surface area contributed by atoms with E-state index in [9.17, 15) is 4.79 Å². The highest BCUT2D eigenvalue weighted by Crippen LogP contribution is 2.38. The van der Waals surface area contributed by atoms with Gasteiger partial charge in [-0.3, -0.25) is 4.79 Å². The van der Waals surface area contributed by atoms with Gasteiger partial charge in [0.2, 0.25) is 5.91 Å². The van der Waals surface area contributed by atoms with E-state index in [0.29, 0.717) is 23.8 Å². The van der Waals surface area contributed by atoms with E-state index in [2.05, 4.69) is 26.1 Å². The monoisotopic (exact) mass is 310 g/mol. The molecule has 2 rings (SSSR count). The van der Waals surface area contributed by atoms with Crippen LogP contribution in [0.4, 0.5) is 5.69 Å². The Labute approximate surface area is 134 Å². The van der Waals surface area contributed by atoms with Crippen molar-refractivity contribution in [1.29, 1.82) is 0 Å². The molecular formula is C17H27ClN2O. The second kappa shape index (κ2) is 7.17. The Morgan fingerprint density at radius 3 is 2.52 bits per heavy atom. The number of rotatable bonds is 3. The molecule has 0 heterocycles. The van der Waals surface area contributed by atoms with Gasteiger partial charge in [0.15, 0.2) is 0 Å². The average Bonchev–Trinajstić information content (AvgIpc) is 2.35. The molecule has 2 unspecified atom stereocenters. The Kier molecular flexibility index (Phi) is 6.09. The van der Waals surface area contributed by atoms with Gasteiger partial charge >= 0.3 is 0 Å². The normalized spacial score (nSPS) is 24.0. The van der Waals surface area contributed by atoms with Gasteiger partial charge in [-0.1, -0.05) is 32.9 Å². The summed E-state index contributed by atoms with van der Waals surface area (Å²) in [7, 11) is 0. The lowest BCUT2D eigenvalue weighted by atomic mass is 9.70. The van der Waals surface area contributed by atoms with Gasteiger partial charge in [0, 0.05) is 11.7 Å². The molecule has 21 heavy (non-hydrogen) atoms. The van der Waals surface area contributed by atoms with E-state index in [1.807, 2.05) is 24.3 Å². The van der Waals surface area contributed by atoms with Crippen molar-refractivity contribution in [3.05, 3.63) is 29.8 Å². The van der Waals surface area contributed by atoms with Crippen molar-refractivity contribution in [2.45, 2.75) is 52.5 Å². The molecule has 1 aliphatic rings. The number of halogens is 1. The minimum atomic E-state index is 0. The SMILES string of the molecule is CC1CC(C)(C)CCC1NC(=O)Cc1ccc(N)cc1.Cl. The number of hydrogen-bond acceptors (Lipinski definition) is 2. The molecule has 0 bridgehead atoms. The van der Waals surface area contributed by atoms with Crippen LogP contribution in [-0.4, -0.2) is 11.9 Å². The van der Waals surface area contributed by atoms with Crippen molar-refractivity contribution in [1.82, 2.24) is 5.32 Å². The summed E-state index contributed by atoms with van der Waals surface area (Å²) in [5.41, 5.74) is 7.81. The highest BCUT2D eigenvalue weighted by atomic mass is 35.5. The van der Waals surface area contributed by atoms with E-state index in [0.717, 1.165) is 17.7 Å². The van der Waals surface area contributed by atoms with Crippen molar-refractivity contribution >= 4 is 24.0 Å². The van der Waals surface area contributed by atoms with Crippen LogP contribution in [0.2, 0.25) is 0 Å². The maximum absolute atomic E-state index is 12.1. The van der Waals surface area contributed by atoms with Crippen LogP contribution in [0, 0.1) is 11.3 Å². The van der Waals surface area contributed by atoms with E-state index >= 15 is 0 Å². The predicted octanol–water partition coefficient (Wildman–Crippen LogP) is 3.56. The summed E-state index contributed by atoms with van der Waals surface area (Å²) in [5, 5.41) is 3.20. The number of hydrogen-bond donors (Lipinski definition) is 2. The van der Waals surface area contributed by atoms with Gasteiger partial charge in [-0.25, -0.2) is 0 Å². The van der Waals surface area contributed by atoms with Gasteiger partial charge < -0.3 is 11.1 Å². The number of nitrogen functional groups attached to an aromatic ring is 1. The first-order valence-electron chi connectivity index (χ1n) is 7.49. The topological polar surface area (TPSA) is 55.1 Å². The smallest absolute Gasteiger partial charge is 0.224 e. The molecule has 0 aromatic heterocycles. The van der Waals surface area contributed by atoms with Crippen LogP contribution in [0.25, 0.3) is 0 Å². The number of nitrogens with two attached hydrogens (primary N) is 1. The molecule has 4 heteroatoms. The molecular weight excluding hydrogens is 284 g/mol. The van der Waals surface area contributed by atoms with Crippen LogP contribution in [0.15, 0.2) is 24.3 Å². The molecule has 0 aliphatic heterocycles. The largest absolute Gasteiger partial charge is 0.399 e. The van der Waals surface area contributed by atoms with Crippen molar-refractivity contribution in [3.63, 3.8) is 0 Å². The van der Waals surface area contributed by atoms with Crippen molar-refractivity contribution < 1.29 is 4.79 Å². The van der Waals surface area contributed by atoms with Crippen LogP contribution in [0.5, 0.6) is 0 Å². The molecule has 0 spiro atoms. The zero-order valence-corrected chi connectivity index (χ0v) is 14.0. The maximum atomic E-state index is 12.1. The number of carbonyl (C=O) groups is 1.